The van der Waals surface area contributed by atoms with Crippen LogP contribution in [0, 0.1) is 5.82 Å². The van der Waals surface area contributed by atoms with Gasteiger partial charge in [-0.25, -0.2) is 4.39 Å². The highest BCUT2D eigenvalue weighted by molar-refractivity contribution is 9.10. The largest absolute Gasteiger partial charge is 0.334 e. The van der Waals surface area contributed by atoms with Gasteiger partial charge in [-0.05, 0) is 40.7 Å². The summed E-state index contributed by atoms with van der Waals surface area (Å²) in [6.45, 7) is 0.448. The summed E-state index contributed by atoms with van der Waals surface area (Å²) >= 11 is 3.30. The molecule has 1 aromatic heterocycles. The van der Waals surface area contributed by atoms with Crippen LogP contribution in [-0.4, -0.2) is 16.7 Å². The molecule has 0 radical (unpaired) electrons. The molecule has 0 unspecified atom stereocenters. The molecule has 1 aromatic carbocycles. The molecule has 0 spiro atoms. The highest BCUT2D eigenvalue weighted by Gasteiger charge is 2.12. The molecule has 4 nitrogen and oxygen atoms in total. The van der Waals surface area contributed by atoms with Crippen LogP contribution in [0.3, 0.4) is 0 Å². The average molecular weight is 286 g/mol. The van der Waals surface area contributed by atoms with Gasteiger partial charge in [0.25, 0.3) is 5.89 Å². The lowest BCUT2D eigenvalue weighted by molar-refractivity contribution is 0.422. The van der Waals surface area contributed by atoms with Crippen LogP contribution in [0.4, 0.5) is 4.39 Å². The summed E-state index contributed by atoms with van der Waals surface area (Å²) in [5, 5.41) is 3.74. The zero-order chi connectivity index (χ0) is 11.5. The Bertz CT molecular complexity index is 501. The van der Waals surface area contributed by atoms with Gasteiger partial charge in [0.15, 0.2) is 5.82 Å². The number of nitrogens with two attached hydrogens (primary N) is 1. The third kappa shape index (κ3) is 2.28. The topological polar surface area (TPSA) is 64.9 Å². The fraction of sp³-hybridized carbons (Fsp3) is 0.200. The number of halogens is 2. The first kappa shape index (κ1) is 11.2. The van der Waals surface area contributed by atoms with Crippen LogP contribution in [0.15, 0.2) is 27.2 Å². The summed E-state index contributed by atoms with van der Waals surface area (Å²) < 4.78 is 18.8. The standard InChI is InChI=1S/C10H9BrFN3O/c11-8-2-1-6(12)5-7(8)10-14-9(3-4-13)15-16-10/h1-2,5H,3-4,13H2. The summed E-state index contributed by atoms with van der Waals surface area (Å²) in [7, 11) is 0. The fourth-order valence-electron chi connectivity index (χ4n) is 1.26. The van der Waals surface area contributed by atoms with E-state index in [4.69, 9.17) is 10.3 Å². The first-order valence-corrected chi connectivity index (χ1v) is 5.48. The van der Waals surface area contributed by atoms with Gasteiger partial charge in [0.05, 0.1) is 5.56 Å². The molecular weight excluding hydrogens is 277 g/mol. The predicted octanol–water partition coefficient (Wildman–Crippen LogP) is 2.14. The quantitative estimate of drug-likeness (QED) is 0.938. The Labute approximate surface area is 99.8 Å². The maximum Gasteiger partial charge on any atom is 0.259 e. The minimum Gasteiger partial charge on any atom is -0.334 e. The van der Waals surface area contributed by atoms with E-state index in [1.807, 2.05) is 0 Å². The van der Waals surface area contributed by atoms with Crippen LogP contribution >= 0.6 is 15.9 Å². The fourth-order valence-corrected chi connectivity index (χ4v) is 1.67. The minimum absolute atomic E-state index is 0.287. The summed E-state index contributed by atoms with van der Waals surface area (Å²) in [6.07, 6.45) is 0.538. The number of rotatable bonds is 3. The van der Waals surface area contributed by atoms with E-state index < -0.39 is 0 Å². The van der Waals surface area contributed by atoms with Gasteiger partial charge in [-0.3, -0.25) is 0 Å². The molecule has 0 aliphatic carbocycles. The molecule has 0 fully saturated rings. The van der Waals surface area contributed by atoms with Gasteiger partial charge < -0.3 is 10.3 Å². The molecule has 0 amide bonds. The zero-order valence-electron chi connectivity index (χ0n) is 8.28. The Hall–Kier alpha value is -1.27. The maximum absolute atomic E-state index is 13.1. The Kier molecular flexibility index (Phi) is 3.31. The molecule has 16 heavy (non-hydrogen) atoms. The lowest BCUT2D eigenvalue weighted by Gasteiger charge is -1.97. The molecule has 0 saturated carbocycles. The third-order valence-corrected chi connectivity index (χ3v) is 2.69. The van der Waals surface area contributed by atoms with Crippen molar-refractivity contribution in [3.05, 3.63) is 34.3 Å². The van der Waals surface area contributed by atoms with Crippen molar-refractivity contribution in [2.24, 2.45) is 5.73 Å². The molecule has 0 bridgehead atoms. The zero-order valence-corrected chi connectivity index (χ0v) is 9.87. The van der Waals surface area contributed by atoms with Crippen molar-refractivity contribution in [3.8, 4) is 11.5 Å². The van der Waals surface area contributed by atoms with Gasteiger partial charge in [0, 0.05) is 10.9 Å². The molecule has 0 atom stereocenters. The van der Waals surface area contributed by atoms with Crippen molar-refractivity contribution < 1.29 is 8.91 Å². The van der Waals surface area contributed by atoms with Gasteiger partial charge in [-0.1, -0.05) is 5.16 Å². The molecule has 2 rings (SSSR count). The monoisotopic (exact) mass is 285 g/mol. The van der Waals surface area contributed by atoms with Crippen molar-refractivity contribution in [2.75, 3.05) is 6.54 Å². The number of nitrogens with zero attached hydrogens (tertiary/aromatic N) is 2. The van der Waals surface area contributed by atoms with Gasteiger partial charge >= 0.3 is 0 Å². The highest BCUT2D eigenvalue weighted by atomic mass is 79.9. The van der Waals surface area contributed by atoms with Crippen molar-refractivity contribution in [3.63, 3.8) is 0 Å². The molecule has 2 N–H and O–H groups in total. The molecular formula is C10H9BrFN3O. The number of hydrogen-bond acceptors (Lipinski definition) is 4. The van der Waals surface area contributed by atoms with Crippen LogP contribution in [0.1, 0.15) is 5.82 Å². The van der Waals surface area contributed by atoms with Crippen molar-refractivity contribution in [1.29, 1.82) is 0 Å². The normalized spacial score (nSPS) is 10.7. The van der Waals surface area contributed by atoms with Gasteiger partial charge in [-0.15, -0.1) is 0 Å². The average Bonchev–Trinajstić information content (AvgIpc) is 2.71. The second kappa shape index (κ2) is 4.71. The second-order valence-corrected chi connectivity index (χ2v) is 4.03. The Morgan fingerprint density at radius 1 is 1.44 bits per heavy atom. The van der Waals surface area contributed by atoms with Gasteiger partial charge in [0.1, 0.15) is 5.82 Å². The SMILES string of the molecule is NCCc1noc(-c2cc(F)ccc2Br)n1. The molecule has 0 aliphatic heterocycles. The number of hydrogen-bond donors (Lipinski definition) is 1. The number of benzene rings is 1. The van der Waals surface area contributed by atoms with E-state index in [0.29, 0.717) is 28.8 Å². The highest BCUT2D eigenvalue weighted by Crippen LogP contribution is 2.27. The third-order valence-electron chi connectivity index (χ3n) is 1.99. The number of aromatic nitrogens is 2. The van der Waals surface area contributed by atoms with Gasteiger partial charge in [0.2, 0.25) is 0 Å². The van der Waals surface area contributed by atoms with Crippen molar-refractivity contribution in [1.82, 2.24) is 10.1 Å². The molecule has 1 heterocycles. The van der Waals surface area contributed by atoms with E-state index in [1.165, 1.54) is 12.1 Å². The first-order chi connectivity index (χ1) is 7.70. The molecule has 6 heteroatoms. The summed E-state index contributed by atoms with van der Waals surface area (Å²) in [5.74, 6) is 0.459. The molecule has 2 aromatic rings. The minimum atomic E-state index is -0.350. The van der Waals surface area contributed by atoms with E-state index in [-0.39, 0.29) is 11.7 Å². The first-order valence-electron chi connectivity index (χ1n) is 4.69. The van der Waals surface area contributed by atoms with Crippen molar-refractivity contribution in [2.45, 2.75) is 6.42 Å². The Morgan fingerprint density at radius 2 is 2.25 bits per heavy atom. The molecule has 84 valence electrons. The van der Waals surface area contributed by atoms with Crippen LogP contribution in [0.2, 0.25) is 0 Å². The van der Waals surface area contributed by atoms with Crippen LogP contribution in [-0.2, 0) is 6.42 Å². The van der Waals surface area contributed by atoms with Crippen LogP contribution in [0.25, 0.3) is 11.5 Å². The maximum atomic E-state index is 13.1. The van der Waals surface area contributed by atoms with Crippen molar-refractivity contribution >= 4 is 15.9 Å². The van der Waals surface area contributed by atoms with E-state index in [0.717, 1.165) is 0 Å². The molecule has 0 aliphatic rings. The lowest BCUT2D eigenvalue weighted by atomic mass is 10.2. The summed E-state index contributed by atoms with van der Waals surface area (Å²) in [4.78, 5) is 4.12. The Morgan fingerprint density at radius 3 is 3.00 bits per heavy atom. The van der Waals surface area contributed by atoms with E-state index in [9.17, 15) is 4.39 Å². The predicted molar refractivity (Wildman–Crippen MR) is 60.2 cm³/mol. The van der Waals surface area contributed by atoms with E-state index in [2.05, 4.69) is 26.1 Å². The Balaban J connectivity index is 2.38. The lowest BCUT2D eigenvalue weighted by Crippen LogP contribution is -2.03. The summed E-state index contributed by atoms with van der Waals surface area (Å²) in [5.41, 5.74) is 5.91. The van der Waals surface area contributed by atoms with E-state index in [1.54, 1.807) is 6.07 Å². The summed E-state index contributed by atoms with van der Waals surface area (Å²) in [6, 6.07) is 4.28. The second-order valence-electron chi connectivity index (χ2n) is 3.18. The van der Waals surface area contributed by atoms with Crippen LogP contribution in [0.5, 0.6) is 0 Å². The molecule has 0 saturated heterocycles. The smallest absolute Gasteiger partial charge is 0.259 e. The van der Waals surface area contributed by atoms with E-state index >= 15 is 0 Å². The van der Waals surface area contributed by atoms with Crippen LogP contribution < -0.4 is 5.73 Å². The van der Waals surface area contributed by atoms with Gasteiger partial charge in [-0.2, -0.15) is 4.98 Å².